The topological polar surface area (TPSA) is 111 Å². The normalized spacial score (nSPS) is 21.2. The monoisotopic (exact) mass is 366 g/mol. The van der Waals surface area contributed by atoms with Crippen LogP contribution in [0, 0.1) is 17.4 Å². The highest BCUT2D eigenvalue weighted by molar-refractivity contribution is 7.89. The lowest BCUT2D eigenvalue weighted by molar-refractivity contribution is -0.119. The predicted molar refractivity (Wildman–Crippen MR) is 90.6 cm³/mol. The summed E-state index contributed by atoms with van der Waals surface area (Å²) in [4.78, 5) is 13.9. The summed E-state index contributed by atoms with van der Waals surface area (Å²) in [5.41, 5.74) is 0.760. The molecule has 1 atom stereocenters. The van der Waals surface area contributed by atoms with Gasteiger partial charge < -0.3 is 10.2 Å². The summed E-state index contributed by atoms with van der Waals surface area (Å²) in [5.74, 6) is 0.0512. The largest absolute Gasteiger partial charge is 0.310 e. The molecule has 0 saturated carbocycles. The van der Waals surface area contributed by atoms with E-state index in [9.17, 15) is 13.2 Å². The third-order valence-corrected chi connectivity index (χ3v) is 6.89. The van der Waals surface area contributed by atoms with Crippen LogP contribution in [0.25, 0.3) is 0 Å². The molecule has 2 aliphatic heterocycles. The minimum Gasteiger partial charge on any atom is -0.310 e. The molecular formula is C15H22N6O3S. The SMILES string of the molecule is CC(C)S(=O)(=O)N1CCn2nc(NC(=O)[C@H]3CCN(C#N)C3)cc2C1. The lowest BCUT2D eigenvalue weighted by atomic mass is 10.1. The maximum atomic E-state index is 12.3. The fourth-order valence-corrected chi connectivity index (χ4v) is 4.36. The average molecular weight is 366 g/mol. The lowest BCUT2D eigenvalue weighted by Gasteiger charge is -2.28. The first-order valence-corrected chi connectivity index (χ1v) is 9.83. The van der Waals surface area contributed by atoms with Crippen molar-refractivity contribution in [2.45, 2.75) is 38.6 Å². The second-order valence-electron chi connectivity index (χ2n) is 6.69. The first-order chi connectivity index (χ1) is 11.8. The summed E-state index contributed by atoms with van der Waals surface area (Å²) in [7, 11) is -3.31. The third-order valence-electron chi connectivity index (χ3n) is 4.67. The van der Waals surface area contributed by atoms with E-state index in [1.165, 1.54) is 4.31 Å². The van der Waals surface area contributed by atoms with Crippen LogP contribution < -0.4 is 5.32 Å². The highest BCUT2D eigenvalue weighted by Crippen LogP contribution is 2.22. The van der Waals surface area contributed by atoms with Crippen molar-refractivity contribution < 1.29 is 13.2 Å². The lowest BCUT2D eigenvalue weighted by Crippen LogP contribution is -2.41. The smallest absolute Gasteiger partial charge is 0.230 e. The molecule has 1 saturated heterocycles. The average Bonchev–Trinajstić information content (AvgIpc) is 3.19. The van der Waals surface area contributed by atoms with Gasteiger partial charge in [0.05, 0.1) is 30.0 Å². The molecule has 1 aromatic rings. The zero-order valence-corrected chi connectivity index (χ0v) is 15.2. The molecule has 2 aliphatic rings. The molecule has 0 aromatic carbocycles. The van der Waals surface area contributed by atoms with E-state index in [0.717, 1.165) is 5.69 Å². The second-order valence-corrected chi connectivity index (χ2v) is 9.18. The third kappa shape index (κ3) is 3.48. The Bertz CT molecular complexity index is 810. The standard InChI is InChI=1S/C15H22N6O3S/c1-11(2)25(23,24)20-5-6-21-13(9-20)7-14(18-21)17-15(22)12-3-4-19(8-12)10-16/h7,11-12H,3-6,8-9H2,1-2H3,(H,17,18,22)/t12-/m0/s1. The molecule has 0 bridgehead atoms. The van der Waals surface area contributed by atoms with Gasteiger partial charge in [-0.2, -0.15) is 14.7 Å². The molecule has 25 heavy (non-hydrogen) atoms. The van der Waals surface area contributed by atoms with Crippen LogP contribution in [-0.2, 0) is 27.9 Å². The van der Waals surface area contributed by atoms with Crippen molar-refractivity contribution in [1.29, 1.82) is 5.26 Å². The van der Waals surface area contributed by atoms with Crippen LogP contribution in [-0.4, -0.2) is 58.2 Å². The Hall–Kier alpha value is -2.12. The first-order valence-electron chi connectivity index (χ1n) is 8.32. The number of aromatic nitrogens is 2. The van der Waals surface area contributed by atoms with Crippen molar-refractivity contribution in [3.8, 4) is 6.19 Å². The molecule has 1 amide bonds. The van der Waals surface area contributed by atoms with E-state index >= 15 is 0 Å². The van der Waals surface area contributed by atoms with E-state index in [1.807, 2.05) is 0 Å². The highest BCUT2D eigenvalue weighted by atomic mass is 32.2. The first kappa shape index (κ1) is 17.7. The molecule has 0 unspecified atom stereocenters. The van der Waals surface area contributed by atoms with Crippen molar-refractivity contribution in [2.24, 2.45) is 5.92 Å². The van der Waals surface area contributed by atoms with Crippen LogP contribution in [0.4, 0.5) is 5.82 Å². The van der Waals surface area contributed by atoms with Gasteiger partial charge in [0.15, 0.2) is 12.0 Å². The van der Waals surface area contributed by atoms with Crippen molar-refractivity contribution in [2.75, 3.05) is 25.0 Å². The van der Waals surface area contributed by atoms with Gasteiger partial charge in [0.2, 0.25) is 15.9 Å². The van der Waals surface area contributed by atoms with Gasteiger partial charge >= 0.3 is 0 Å². The number of anilines is 1. The van der Waals surface area contributed by atoms with Crippen LogP contribution in [0.3, 0.4) is 0 Å². The van der Waals surface area contributed by atoms with Gasteiger partial charge in [-0.1, -0.05) is 0 Å². The molecule has 9 nitrogen and oxygen atoms in total. The number of fused-ring (bicyclic) bond motifs is 1. The number of hydrogen-bond donors (Lipinski definition) is 1. The van der Waals surface area contributed by atoms with E-state index in [2.05, 4.69) is 16.6 Å². The van der Waals surface area contributed by atoms with Crippen LogP contribution in [0.15, 0.2) is 6.07 Å². The van der Waals surface area contributed by atoms with Gasteiger partial charge in [0.25, 0.3) is 0 Å². The van der Waals surface area contributed by atoms with E-state index < -0.39 is 15.3 Å². The molecule has 0 radical (unpaired) electrons. The number of nitriles is 1. The predicted octanol–water partition coefficient (Wildman–Crippen LogP) is 0.178. The van der Waals surface area contributed by atoms with Crippen molar-refractivity contribution in [1.82, 2.24) is 19.0 Å². The Balaban J connectivity index is 1.67. The van der Waals surface area contributed by atoms with Crippen molar-refractivity contribution in [3.05, 3.63) is 11.8 Å². The van der Waals surface area contributed by atoms with E-state index in [0.29, 0.717) is 38.4 Å². The number of nitrogens with one attached hydrogen (secondary N) is 1. The van der Waals surface area contributed by atoms with Crippen molar-refractivity contribution in [3.63, 3.8) is 0 Å². The highest BCUT2D eigenvalue weighted by Gasteiger charge is 2.31. The number of likely N-dealkylation sites (tertiary alicyclic amines) is 1. The second kappa shape index (κ2) is 6.65. The van der Waals surface area contributed by atoms with Gasteiger partial charge in [0.1, 0.15) is 0 Å². The van der Waals surface area contributed by atoms with Crippen LogP contribution >= 0.6 is 0 Å². The Morgan fingerprint density at radius 2 is 2.16 bits per heavy atom. The minimum absolute atomic E-state index is 0.153. The summed E-state index contributed by atoms with van der Waals surface area (Å²) in [6, 6.07) is 1.72. The quantitative estimate of drug-likeness (QED) is 0.761. The Morgan fingerprint density at radius 3 is 2.80 bits per heavy atom. The molecule has 3 heterocycles. The molecule has 3 rings (SSSR count). The number of hydrogen-bond acceptors (Lipinski definition) is 6. The Kier molecular flexibility index (Phi) is 4.71. The van der Waals surface area contributed by atoms with Gasteiger partial charge in [-0.25, -0.2) is 8.42 Å². The summed E-state index contributed by atoms with van der Waals surface area (Å²) in [5, 5.41) is 15.5. The molecular weight excluding hydrogens is 344 g/mol. The van der Waals surface area contributed by atoms with Gasteiger partial charge in [0, 0.05) is 25.7 Å². The molecule has 1 fully saturated rings. The fraction of sp³-hybridized carbons (Fsp3) is 0.667. The maximum Gasteiger partial charge on any atom is 0.230 e. The van der Waals surface area contributed by atoms with E-state index in [1.54, 1.807) is 29.5 Å². The van der Waals surface area contributed by atoms with Crippen LogP contribution in [0.5, 0.6) is 0 Å². The molecule has 0 spiro atoms. The number of amides is 1. The van der Waals surface area contributed by atoms with Gasteiger partial charge in [-0.05, 0) is 20.3 Å². The summed E-state index contributed by atoms with van der Waals surface area (Å²) >= 11 is 0. The minimum atomic E-state index is -3.31. The summed E-state index contributed by atoms with van der Waals surface area (Å²) in [6.45, 7) is 5.45. The van der Waals surface area contributed by atoms with Gasteiger partial charge in [-0.15, -0.1) is 0 Å². The zero-order valence-electron chi connectivity index (χ0n) is 14.3. The summed E-state index contributed by atoms with van der Waals surface area (Å²) in [6.07, 6.45) is 2.70. The molecule has 136 valence electrons. The zero-order chi connectivity index (χ0) is 18.2. The Morgan fingerprint density at radius 1 is 1.40 bits per heavy atom. The number of nitrogens with zero attached hydrogens (tertiary/aromatic N) is 5. The summed E-state index contributed by atoms with van der Waals surface area (Å²) < 4.78 is 27.8. The fourth-order valence-electron chi connectivity index (χ4n) is 3.11. The molecule has 0 aliphatic carbocycles. The van der Waals surface area contributed by atoms with Gasteiger partial charge in [-0.3, -0.25) is 9.48 Å². The number of carbonyl (C=O) groups is 1. The number of sulfonamides is 1. The Labute approximate surface area is 147 Å². The van der Waals surface area contributed by atoms with Crippen LogP contribution in [0.2, 0.25) is 0 Å². The van der Waals surface area contributed by atoms with Crippen molar-refractivity contribution >= 4 is 21.7 Å². The molecule has 1 N–H and O–H groups in total. The maximum absolute atomic E-state index is 12.3. The number of carbonyl (C=O) groups excluding carboxylic acids is 1. The van der Waals surface area contributed by atoms with E-state index in [-0.39, 0.29) is 18.4 Å². The number of rotatable bonds is 4. The van der Waals surface area contributed by atoms with E-state index in [4.69, 9.17) is 5.26 Å². The molecule has 10 heteroatoms. The molecule has 1 aromatic heterocycles. The van der Waals surface area contributed by atoms with Crippen LogP contribution in [0.1, 0.15) is 26.0 Å².